The van der Waals surface area contributed by atoms with E-state index < -0.39 is 0 Å². The van der Waals surface area contributed by atoms with Crippen molar-refractivity contribution in [2.45, 2.75) is 24.8 Å². The van der Waals surface area contributed by atoms with E-state index in [2.05, 4.69) is 38.8 Å². The second-order valence-corrected chi connectivity index (χ2v) is 7.86. The first-order chi connectivity index (χ1) is 13.1. The van der Waals surface area contributed by atoms with Crippen molar-refractivity contribution in [2.75, 3.05) is 0 Å². The van der Waals surface area contributed by atoms with Gasteiger partial charge < -0.3 is 0 Å². The molecule has 0 unspecified atom stereocenters. The molecule has 0 aliphatic carbocycles. The van der Waals surface area contributed by atoms with E-state index in [0.717, 1.165) is 27.9 Å². The van der Waals surface area contributed by atoms with Crippen LogP contribution in [0.3, 0.4) is 0 Å². The Balaban J connectivity index is 1.56. The first-order valence-corrected chi connectivity index (χ1v) is 10.3. The molecular weight excluding hydrogens is 379 g/mol. The molecule has 2 aromatic carbocycles. The van der Waals surface area contributed by atoms with Crippen molar-refractivity contribution in [2.24, 2.45) is 0 Å². The number of aromatic nitrogens is 4. The molecule has 0 saturated carbocycles. The molecule has 136 valence electrons. The van der Waals surface area contributed by atoms with Gasteiger partial charge in [0.05, 0.1) is 11.4 Å². The lowest BCUT2D eigenvalue weighted by Crippen LogP contribution is -2.01. The first kappa shape index (κ1) is 17.9. The summed E-state index contributed by atoms with van der Waals surface area (Å²) in [6, 6.07) is 14.9. The SMILES string of the molecule is Cc1ccccc1-n1c(C)nnc1SCc1csc(-c2ccccc2F)n1. The fraction of sp³-hybridized carbons (Fsp3) is 0.150. The van der Waals surface area contributed by atoms with E-state index in [-0.39, 0.29) is 5.82 Å². The van der Waals surface area contributed by atoms with Gasteiger partial charge in [0, 0.05) is 16.7 Å². The van der Waals surface area contributed by atoms with Crippen molar-refractivity contribution in [3.63, 3.8) is 0 Å². The number of thioether (sulfide) groups is 1. The van der Waals surface area contributed by atoms with Gasteiger partial charge >= 0.3 is 0 Å². The lowest BCUT2D eigenvalue weighted by atomic mass is 10.2. The van der Waals surface area contributed by atoms with Gasteiger partial charge in [-0.3, -0.25) is 4.57 Å². The Hall–Kier alpha value is -2.51. The molecule has 0 aliphatic rings. The van der Waals surface area contributed by atoms with Gasteiger partial charge in [-0.15, -0.1) is 21.5 Å². The largest absolute Gasteiger partial charge is 0.274 e. The fourth-order valence-electron chi connectivity index (χ4n) is 2.80. The summed E-state index contributed by atoms with van der Waals surface area (Å²) in [4.78, 5) is 4.58. The molecule has 7 heteroatoms. The average molecular weight is 397 g/mol. The van der Waals surface area contributed by atoms with Crippen molar-refractivity contribution in [3.8, 4) is 16.3 Å². The zero-order chi connectivity index (χ0) is 18.8. The van der Waals surface area contributed by atoms with Crippen LogP contribution in [0.2, 0.25) is 0 Å². The fourth-order valence-corrected chi connectivity index (χ4v) is 4.63. The molecule has 0 radical (unpaired) electrons. The van der Waals surface area contributed by atoms with Gasteiger partial charge in [0.1, 0.15) is 16.6 Å². The summed E-state index contributed by atoms with van der Waals surface area (Å²) in [6.45, 7) is 4.02. The highest BCUT2D eigenvalue weighted by Gasteiger charge is 2.15. The molecular formula is C20H17FN4S2. The van der Waals surface area contributed by atoms with Crippen molar-refractivity contribution in [3.05, 3.63) is 76.8 Å². The molecule has 4 rings (SSSR count). The summed E-state index contributed by atoms with van der Waals surface area (Å²) >= 11 is 3.03. The standard InChI is InChI=1S/C20H17FN4S2/c1-13-7-3-6-10-18(13)25-14(2)23-24-20(25)27-12-15-11-26-19(22-15)16-8-4-5-9-17(16)21/h3-11H,12H2,1-2H3. The van der Waals surface area contributed by atoms with Crippen LogP contribution in [0.5, 0.6) is 0 Å². The molecule has 0 fully saturated rings. The van der Waals surface area contributed by atoms with Crippen LogP contribution in [0.15, 0.2) is 59.1 Å². The summed E-state index contributed by atoms with van der Waals surface area (Å²) in [5.41, 5.74) is 3.68. The van der Waals surface area contributed by atoms with Crippen molar-refractivity contribution >= 4 is 23.1 Å². The smallest absolute Gasteiger partial charge is 0.196 e. The highest BCUT2D eigenvalue weighted by molar-refractivity contribution is 7.98. The molecule has 0 bridgehead atoms. The Morgan fingerprint density at radius 3 is 2.63 bits per heavy atom. The van der Waals surface area contributed by atoms with Crippen molar-refractivity contribution in [1.29, 1.82) is 0 Å². The Morgan fingerprint density at radius 2 is 1.81 bits per heavy atom. The number of rotatable bonds is 5. The monoisotopic (exact) mass is 396 g/mol. The van der Waals surface area contributed by atoms with Crippen LogP contribution in [0.25, 0.3) is 16.3 Å². The van der Waals surface area contributed by atoms with Crippen LogP contribution in [0.4, 0.5) is 4.39 Å². The predicted octanol–water partition coefficient (Wildman–Crippen LogP) is 5.44. The minimum atomic E-state index is -0.249. The lowest BCUT2D eigenvalue weighted by Gasteiger charge is -2.10. The Morgan fingerprint density at radius 1 is 1.04 bits per heavy atom. The number of para-hydroxylation sites is 1. The molecule has 0 spiro atoms. The van der Waals surface area contributed by atoms with Crippen LogP contribution in [-0.2, 0) is 5.75 Å². The zero-order valence-corrected chi connectivity index (χ0v) is 16.5. The Bertz CT molecular complexity index is 1090. The zero-order valence-electron chi connectivity index (χ0n) is 14.9. The third-order valence-electron chi connectivity index (χ3n) is 4.16. The third-order valence-corrected chi connectivity index (χ3v) is 6.04. The number of hydrogen-bond acceptors (Lipinski definition) is 5. The highest BCUT2D eigenvalue weighted by Crippen LogP contribution is 2.30. The molecule has 2 aromatic heterocycles. The van der Waals surface area contributed by atoms with E-state index in [1.54, 1.807) is 23.9 Å². The number of benzene rings is 2. The van der Waals surface area contributed by atoms with E-state index >= 15 is 0 Å². The van der Waals surface area contributed by atoms with Gasteiger partial charge in [0.2, 0.25) is 0 Å². The van der Waals surface area contributed by atoms with Crippen molar-refractivity contribution < 1.29 is 4.39 Å². The van der Waals surface area contributed by atoms with E-state index in [1.165, 1.54) is 17.4 Å². The molecule has 4 nitrogen and oxygen atoms in total. The topological polar surface area (TPSA) is 43.6 Å². The maximum atomic E-state index is 14.0. The quantitative estimate of drug-likeness (QED) is 0.421. The minimum absolute atomic E-state index is 0.249. The second-order valence-electron chi connectivity index (χ2n) is 6.06. The molecule has 0 atom stereocenters. The maximum absolute atomic E-state index is 14.0. The van der Waals surface area contributed by atoms with E-state index in [0.29, 0.717) is 16.3 Å². The molecule has 0 amide bonds. The summed E-state index contributed by atoms with van der Waals surface area (Å²) < 4.78 is 16.0. The Labute approximate surface area is 165 Å². The molecule has 0 saturated heterocycles. The highest BCUT2D eigenvalue weighted by atomic mass is 32.2. The van der Waals surface area contributed by atoms with Crippen molar-refractivity contribution in [1.82, 2.24) is 19.7 Å². The number of aryl methyl sites for hydroxylation is 2. The second kappa shape index (κ2) is 7.62. The van der Waals surface area contributed by atoms with Crippen LogP contribution in [-0.4, -0.2) is 19.7 Å². The number of thiazole rings is 1. The maximum Gasteiger partial charge on any atom is 0.196 e. The number of nitrogens with zero attached hydrogens (tertiary/aromatic N) is 4. The van der Waals surface area contributed by atoms with Gasteiger partial charge in [-0.05, 0) is 37.6 Å². The summed E-state index contributed by atoms with van der Waals surface area (Å²) in [5, 5.41) is 12.0. The van der Waals surface area contributed by atoms with Crippen LogP contribution in [0, 0.1) is 19.7 Å². The first-order valence-electron chi connectivity index (χ1n) is 8.43. The van der Waals surface area contributed by atoms with Gasteiger partial charge in [0.25, 0.3) is 0 Å². The van der Waals surface area contributed by atoms with Gasteiger partial charge in [0.15, 0.2) is 5.16 Å². The summed E-state index contributed by atoms with van der Waals surface area (Å²) in [7, 11) is 0. The van der Waals surface area contributed by atoms with E-state index in [4.69, 9.17) is 0 Å². The van der Waals surface area contributed by atoms with Gasteiger partial charge in [-0.2, -0.15) is 0 Å². The third kappa shape index (κ3) is 3.65. The minimum Gasteiger partial charge on any atom is -0.274 e. The lowest BCUT2D eigenvalue weighted by molar-refractivity contribution is 0.631. The number of hydrogen-bond donors (Lipinski definition) is 0. The van der Waals surface area contributed by atoms with E-state index in [1.807, 2.05) is 30.5 Å². The molecule has 27 heavy (non-hydrogen) atoms. The Kier molecular flexibility index (Phi) is 5.05. The van der Waals surface area contributed by atoms with Gasteiger partial charge in [-0.1, -0.05) is 42.1 Å². The van der Waals surface area contributed by atoms with Gasteiger partial charge in [-0.25, -0.2) is 9.37 Å². The average Bonchev–Trinajstić information content (AvgIpc) is 3.28. The normalized spacial score (nSPS) is 11.1. The number of halogens is 1. The summed E-state index contributed by atoms with van der Waals surface area (Å²) in [5.74, 6) is 1.24. The van der Waals surface area contributed by atoms with Crippen LogP contribution in [0.1, 0.15) is 17.1 Å². The molecule has 0 N–H and O–H groups in total. The summed E-state index contributed by atoms with van der Waals surface area (Å²) in [6.07, 6.45) is 0. The van der Waals surface area contributed by atoms with Crippen LogP contribution < -0.4 is 0 Å². The van der Waals surface area contributed by atoms with E-state index in [9.17, 15) is 4.39 Å². The van der Waals surface area contributed by atoms with Crippen LogP contribution >= 0.6 is 23.1 Å². The molecule has 2 heterocycles. The molecule has 0 aliphatic heterocycles. The molecule has 4 aromatic rings. The predicted molar refractivity (Wildman–Crippen MR) is 108 cm³/mol.